The molecule has 0 atom stereocenters. The fourth-order valence-electron chi connectivity index (χ4n) is 3.59. The number of carbonyl (C=O) groups is 2. The van der Waals surface area contributed by atoms with E-state index in [9.17, 15) is 9.59 Å². The van der Waals surface area contributed by atoms with Gasteiger partial charge >= 0.3 is 5.97 Å². The average Bonchev–Trinajstić information content (AvgIpc) is 2.96. The summed E-state index contributed by atoms with van der Waals surface area (Å²) in [6, 6.07) is 17.6. The van der Waals surface area contributed by atoms with Gasteiger partial charge in [0, 0.05) is 6.04 Å². The Morgan fingerprint density at radius 1 is 0.889 bits per heavy atom. The summed E-state index contributed by atoms with van der Waals surface area (Å²) >= 11 is 0. The number of rotatable bonds is 6. The zero-order valence-electron chi connectivity index (χ0n) is 15.7. The fourth-order valence-corrected chi connectivity index (χ4v) is 3.59. The van der Waals surface area contributed by atoms with Crippen LogP contribution >= 0.6 is 0 Å². The minimum absolute atomic E-state index is 0.212. The maximum absolute atomic E-state index is 12.5. The van der Waals surface area contributed by atoms with Crippen LogP contribution in [-0.4, -0.2) is 24.5 Å². The first kappa shape index (κ1) is 19.2. The Morgan fingerprint density at radius 3 is 2.30 bits per heavy atom. The van der Waals surface area contributed by atoms with E-state index in [1.54, 1.807) is 6.07 Å². The van der Waals surface area contributed by atoms with Crippen molar-refractivity contribution < 1.29 is 14.3 Å². The van der Waals surface area contributed by atoms with Gasteiger partial charge in [-0.05, 0) is 36.5 Å². The van der Waals surface area contributed by atoms with E-state index in [0.29, 0.717) is 12.0 Å². The van der Waals surface area contributed by atoms with E-state index in [4.69, 9.17) is 4.74 Å². The highest BCUT2D eigenvalue weighted by atomic mass is 16.5. The largest absolute Gasteiger partial charge is 0.452 e. The van der Waals surface area contributed by atoms with Gasteiger partial charge in [0.15, 0.2) is 6.61 Å². The van der Waals surface area contributed by atoms with Gasteiger partial charge < -0.3 is 10.1 Å². The molecular weight excluding hydrogens is 338 g/mol. The minimum Gasteiger partial charge on any atom is -0.452 e. The predicted octanol–water partition coefficient (Wildman–Crippen LogP) is 4.27. The number of hydrogen-bond acceptors (Lipinski definition) is 3. The predicted molar refractivity (Wildman–Crippen MR) is 106 cm³/mol. The zero-order chi connectivity index (χ0) is 18.9. The second kappa shape index (κ2) is 9.91. The van der Waals surface area contributed by atoms with E-state index in [1.165, 1.54) is 12.8 Å². The summed E-state index contributed by atoms with van der Waals surface area (Å²) < 4.78 is 5.29. The van der Waals surface area contributed by atoms with Crippen molar-refractivity contribution in [1.29, 1.82) is 0 Å². The van der Waals surface area contributed by atoms with Crippen LogP contribution in [-0.2, 0) is 16.0 Å². The number of carbonyl (C=O) groups excluding carboxylic acids is 2. The van der Waals surface area contributed by atoms with Crippen molar-refractivity contribution in [3.63, 3.8) is 0 Å². The molecule has 0 radical (unpaired) electrons. The van der Waals surface area contributed by atoms with Crippen molar-refractivity contribution in [2.45, 2.75) is 51.0 Å². The van der Waals surface area contributed by atoms with Crippen molar-refractivity contribution in [3.05, 3.63) is 71.3 Å². The van der Waals surface area contributed by atoms with Gasteiger partial charge in [-0.2, -0.15) is 0 Å². The smallest absolute Gasteiger partial charge is 0.338 e. The van der Waals surface area contributed by atoms with Crippen LogP contribution in [0.1, 0.15) is 60.0 Å². The van der Waals surface area contributed by atoms with E-state index in [1.807, 2.05) is 48.5 Å². The molecule has 0 saturated heterocycles. The van der Waals surface area contributed by atoms with Gasteiger partial charge in [0.2, 0.25) is 0 Å². The molecule has 0 bridgehead atoms. The lowest BCUT2D eigenvalue weighted by Crippen LogP contribution is -2.37. The summed E-state index contributed by atoms with van der Waals surface area (Å²) in [7, 11) is 0. The average molecular weight is 365 g/mol. The minimum atomic E-state index is -0.447. The molecule has 27 heavy (non-hydrogen) atoms. The lowest BCUT2D eigenvalue weighted by Gasteiger charge is -2.16. The van der Waals surface area contributed by atoms with Crippen molar-refractivity contribution in [2.24, 2.45) is 0 Å². The Balaban J connectivity index is 1.55. The number of amides is 1. The van der Waals surface area contributed by atoms with Gasteiger partial charge in [0.25, 0.3) is 5.91 Å². The maximum atomic E-state index is 12.5. The fraction of sp³-hybridized carbons (Fsp3) is 0.391. The molecule has 0 unspecified atom stereocenters. The van der Waals surface area contributed by atoms with E-state index < -0.39 is 5.97 Å². The van der Waals surface area contributed by atoms with Crippen molar-refractivity contribution in [2.75, 3.05) is 6.61 Å². The summed E-state index contributed by atoms with van der Waals surface area (Å²) in [4.78, 5) is 24.7. The molecule has 4 nitrogen and oxygen atoms in total. The highest BCUT2D eigenvalue weighted by Crippen LogP contribution is 2.18. The summed E-state index contributed by atoms with van der Waals surface area (Å²) in [5.41, 5.74) is 2.55. The third-order valence-corrected chi connectivity index (χ3v) is 5.03. The summed E-state index contributed by atoms with van der Waals surface area (Å²) in [6.45, 7) is -0.227. The van der Waals surface area contributed by atoms with Gasteiger partial charge in [-0.15, -0.1) is 0 Å². The molecule has 2 aromatic carbocycles. The normalized spacial score (nSPS) is 15.0. The Labute approximate surface area is 160 Å². The highest BCUT2D eigenvalue weighted by Gasteiger charge is 2.17. The molecule has 0 spiro atoms. The molecule has 1 aliphatic carbocycles. The molecule has 0 aliphatic heterocycles. The second-order valence-corrected chi connectivity index (χ2v) is 7.15. The van der Waals surface area contributed by atoms with Gasteiger partial charge in [0.05, 0.1) is 5.56 Å². The third-order valence-electron chi connectivity index (χ3n) is 5.03. The Morgan fingerprint density at radius 2 is 1.56 bits per heavy atom. The van der Waals surface area contributed by atoms with Gasteiger partial charge in [0.1, 0.15) is 0 Å². The van der Waals surface area contributed by atoms with Crippen LogP contribution in [0.3, 0.4) is 0 Å². The Hall–Kier alpha value is -2.62. The van der Waals surface area contributed by atoms with Crippen LogP contribution in [0, 0.1) is 0 Å². The topological polar surface area (TPSA) is 55.4 Å². The molecule has 1 N–H and O–H groups in total. The number of ether oxygens (including phenoxy) is 1. The van der Waals surface area contributed by atoms with E-state index in [-0.39, 0.29) is 18.6 Å². The lowest BCUT2D eigenvalue weighted by atomic mass is 10.00. The molecule has 0 aromatic heterocycles. The molecule has 1 amide bonds. The molecule has 1 saturated carbocycles. The van der Waals surface area contributed by atoms with Crippen LogP contribution in [0.5, 0.6) is 0 Å². The second-order valence-electron chi connectivity index (χ2n) is 7.15. The number of hydrogen-bond donors (Lipinski definition) is 1. The van der Waals surface area contributed by atoms with Crippen LogP contribution in [0.15, 0.2) is 54.6 Å². The Kier molecular flexibility index (Phi) is 7.03. The van der Waals surface area contributed by atoms with Gasteiger partial charge in [-0.1, -0.05) is 74.2 Å². The number of nitrogens with one attached hydrogen (secondary N) is 1. The quantitative estimate of drug-likeness (QED) is 0.614. The molecule has 0 heterocycles. The monoisotopic (exact) mass is 365 g/mol. The molecule has 1 aliphatic rings. The van der Waals surface area contributed by atoms with Crippen molar-refractivity contribution in [3.8, 4) is 0 Å². The molecule has 3 rings (SSSR count). The number of benzene rings is 2. The van der Waals surface area contributed by atoms with Crippen LogP contribution < -0.4 is 5.32 Å². The van der Waals surface area contributed by atoms with E-state index in [2.05, 4.69) is 5.32 Å². The molecule has 142 valence electrons. The third kappa shape index (κ3) is 5.95. The van der Waals surface area contributed by atoms with Crippen LogP contribution in [0.2, 0.25) is 0 Å². The van der Waals surface area contributed by atoms with E-state index >= 15 is 0 Å². The summed E-state index contributed by atoms with van der Waals surface area (Å²) in [6.07, 6.45) is 7.45. The molecule has 4 heteroatoms. The van der Waals surface area contributed by atoms with E-state index in [0.717, 1.165) is 36.8 Å². The van der Waals surface area contributed by atoms with Crippen molar-refractivity contribution in [1.82, 2.24) is 5.32 Å². The van der Waals surface area contributed by atoms with Crippen LogP contribution in [0.4, 0.5) is 0 Å². The molecule has 2 aromatic rings. The molecule has 1 fully saturated rings. The maximum Gasteiger partial charge on any atom is 0.338 e. The SMILES string of the molecule is O=C(COC(=O)c1ccccc1Cc1ccccc1)NC1CCCCCC1. The summed E-state index contributed by atoms with van der Waals surface area (Å²) in [5, 5.41) is 3.00. The Bertz CT molecular complexity index is 749. The first-order chi connectivity index (χ1) is 13.2. The summed E-state index contributed by atoms with van der Waals surface area (Å²) in [5.74, 6) is -0.659. The van der Waals surface area contributed by atoms with Gasteiger partial charge in [-0.25, -0.2) is 4.79 Å². The molecular formula is C23H27NO3. The zero-order valence-corrected chi connectivity index (χ0v) is 15.7. The highest BCUT2D eigenvalue weighted by molar-refractivity contribution is 5.92. The first-order valence-electron chi connectivity index (χ1n) is 9.80. The lowest BCUT2D eigenvalue weighted by molar-refractivity contribution is -0.125. The van der Waals surface area contributed by atoms with Gasteiger partial charge in [-0.3, -0.25) is 4.79 Å². The van der Waals surface area contributed by atoms with Crippen LogP contribution in [0.25, 0.3) is 0 Å². The van der Waals surface area contributed by atoms with Crippen molar-refractivity contribution >= 4 is 11.9 Å². The first-order valence-corrected chi connectivity index (χ1v) is 9.80. The standard InChI is InChI=1S/C23H27NO3/c25-22(24-20-13-6-1-2-7-14-20)17-27-23(26)21-15-9-8-12-19(21)16-18-10-4-3-5-11-18/h3-5,8-12,15,20H,1-2,6-7,13-14,16-17H2,(H,24,25). The number of esters is 1.